The molecule has 2 aliphatic rings. The van der Waals surface area contributed by atoms with Gasteiger partial charge in [-0.15, -0.1) is 0 Å². The quantitative estimate of drug-likeness (QED) is 0.755. The fourth-order valence-electron chi connectivity index (χ4n) is 3.67. The fraction of sp³-hybridized carbons (Fsp3) is 0.938. The van der Waals surface area contributed by atoms with E-state index in [0.29, 0.717) is 23.9 Å². The summed E-state index contributed by atoms with van der Waals surface area (Å²) in [7, 11) is 0. The summed E-state index contributed by atoms with van der Waals surface area (Å²) in [5, 5.41) is 3.33. The largest absolute Gasteiger partial charge is 0.353 e. The van der Waals surface area contributed by atoms with Crippen molar-refractivity contribution < 1.29 is 4.79 Å². The molecule has 3 N–H and O–H groups in total. The highest BCUT2D eigenvalue weighted by atomic mass is 16.1. The number of rotatable bonds is 2. The molecule has 3 heteroatoms. The molecule has 5 unspecified atom stereocenters. The lowest BCUT2D eigenvalue weighted by atomic mass is 9.78. The van der Waals surface area contributed by atoms with E-state index in [1.54, 1.807) is 0 Å². The topological polar surface area (TPSA) is 55.1 Å². The van der Waals surface area contributed by atoms with Crippen LogP contribution in [0.15, 0.2) is 0 Å². The zero-order valence-corrected chi connectivity index (χ0v) is 12.5. The van der Waals surface area contributed by atoms with E-state index in [1.165, 1.54) is 25.7 Å². The Morgan fingerprint density at radius 1 is 1.00 bits per heavy atom. The van der Waals surface area contributed by atoms with Crippen LogP contribution < -0.4 is 11.1 Å². The van der Waals surface area contributed by atoms with E-state index in [2.05, 4.69) is 19.2 Å². The summed E-state index contributed by atoms with van der Waals surface area (Å²) in [6.07, 6.45) is 9.27. The van der Waals surface area contributed by atoms with Crippen molar-refractivity contribution in [3.05, 3.63) is 0 Å². The fourth-order valence-corrected chi connectivity index (χ4v) is 3.67. The maximum absolute atomic E-state index is 12.4. The van der Waals surface area contributed by atoms with Gasteiger partial charge in [-0.25, -0.2) is 0 Å². The minimum absolute atomic E-state index is 0.199. The summed E-state index contributed by atoms with van der Waals surface area (Å²) in [5.41, 5.74) is 6.04. The van der Waals surface area contributed by atoms with Gasteiger partial charge in [0, 0.05) is 18.0 Å². The molecule has 2 rings (SSSR count). The lowest BCUT2D eigenvalue weighted by Gasteiger charge is -2.33. The molecule has 0 radical (unpaired) electrons. The van der Waals surface area contributed by atoms with Gasteiger partial charge in [-0.05, 0) is 43.9 Å². The molecule has 110 valence electrons. The Hall–Kier alpha value is -0.570. The predicted molar refractivity (Wildman–Crippen MR) is 78.7 cm³/mol. The summed E-state index contributed by atoms with van der Waals surface area (Å²) in [6.45, 7) is 4.47. The van der Waals surface area contributed by atoms with Crippen molar-refractivity contribution >= 4 is 5.91 Å². The monoisotopic (exact) mass is 266 g/mol. The number of hydrogen-bond acceptors (Lipinski definition) is 2. The maximum Gasteiger partial charge on any atom is 0.223 e. The third kappa shape index (κ3) is 3.95. The van der Waals surface area contributed by atoms with Crippen LogP contribution >= 0.6 is 0 Å². The van der Waals surface area contributed by atoms with Crippen LogP contribution in [0, 0.1) is 17.8 Å². The highest BCUT2D eigenvalue weighted by Crippen LogP contribution is 2.29. The van der Waals surface area contributed by atoms with Crippen LogP contribution in [0.3, 0.4) is 0 Å². The van der Waals surface area contributed by atoms with Gasteiger partial charge in [0.1, 0.15) is 0 Å². The average Bonchev–Trinajstić information content (AvgIpc) is 2.58. The van der Waals surface area contributed by atoms with Gasteiger partial charge in [-0.3, -0.25) is 4.79 Å². The van der Waals surface area contributed by atoms with E-state index in [4.69, 9.17) is 5.73 Å². The number of carbonyl (C=O) groups excluding carboxylic acids is 1. The van der Waals surface area contributed by atoms with Crippen LogP contribution in [-0.2, 0) is 4.79 Å². The number of carbonyl (C=O) groups is 1. The van der Waals surface area contributed by atoms with Gasteiger partial charge in [0.05, 0.1) is 0 Å². The first-order valence-corrected chi connectivity index (χ1v) is 8.14. The molecule has 0 aromatic rings. The second kappa shape index (κ2) is 6.74. The Bertz CT molecular complexity index is 305. The van der Waals surface area contributed by atoms with Crippen LogP contribution in [0.1, 0.15) is 65.2 Å². The first-order chi connectivity index (χ1) is 9.08. The zero-order valence-electron chi connectivity index (χ0n) is 12.5. The van der Waals surface area contributed by atoms with Gasteiger partial charge in [0.15, 0.2) is 0 Å². The van der Waals surface area contributed by atoms with E-state index in [1.807, 2.05) is 0 Å². The number of nitrogens with one attached hydrogen (secondary N) is 1. The summed E-state index contributed by atoms with van der Waals surface area (Å²) in [4.78, 5) is 12.4. The SMILES string of the molecule is CC1CC(C(=O)NC2CCCCCC2C)CCC1N. The van der Waals surface area contributed by atoms with Crippen molar-refractivity contribution in [3.8, 4) is 0 Å². The molecule has 2 fully saturated rings. The smallest absolute Gasteiger partial charge is 0.223 e. The Morgan fingerprint density at radius 2 is 1.74 bits per heavy atom. The lowest BCUT2D eigenvalue weighted by molar-refractivity contribution is -0.127. The second-order valence-electron chi connectivity index (χ2n) is 6.88. The maximum atomic E-state index is 12.4. The van der Waals surface area contributed by atoms with Gasteiger partial charge in [-0.2, -0.15) is 0 Å². The van der Waals surface area contributed by atoms with Crippen LogP contribution in [0.5, 0.6) is 0 Å². The first-order valence-electron chi connectivity index (χ1n) is 8.14. The normalized spacial score (nSPS) is 40.5. The summed E-state index contributed by atoms with van der Waals surface area (Å²) in [6, 6.07) is 0.696. The number of amides is 1. The van der Waals surface area contributed by atoms with Crippen LogP contribution in [0.2, 0.25) is 0 Å². The predicted octanol–water partition coefficient (Wildman–Crippen LogP) is 2.83. The molecule has 0 aromatic heterocycles. The molecule has 5 atom stereocenters. The Balaban J connectivity index is 1.86. The average molecular weight is 266 g/mol. The molecule has 2 aliphatic carbocycles. The molecule has 19 heavy (non-hydrogen) atoms. The molecular weight excluding hydrogens is 236 g/mol. The molecular formula is C16H30N2O. The minimum atomic E-state index is 0.199. The van der Waals surface area contributed by atoms with E-state index in [-0.39, 0.29) is 11.8 Å². The summed E-state index contributed by atoms with van der Waals surface area (Å²) in [5.74, 6) is 1.61. The molecule has 0 saturated heterocycles. The highest BCUT2D eigenvalue weighted by molar-refractivity contribution is 5.79. The zero-order chi connectivity index (χ0) is 13.8. The molecule has 0 heterocycles. The first kappa shape index (κ1) is 14.8. The summed E-state index contributed by atoms with van der Waals surface area (Å²) < 4.78 is 0. The van der Waals surface area contributed by atoms with Crippen molar-refractivity contribution in [1.82, 2.24) is 5.32 Å². The van der Waals surface area contributed by atoms with Gasteiger partial charge in [0.25, 0.3) is 0 Å². The van der Waals surface area contributed by atoms with Gasteiger partial charge >= 0.3 is 0 Å². The van der Waals surface area contributed by atoms with Crippen LogP contribution in [-0.4, -0.2) is 18.0 Å². The number of nitrogens with two attached hydrogens (primary N) is 1. The van der Waals surface area contributed by atoms with Crippen molar-refractivity contribution in [2.24, 2.45) is 23.5 Å². The number of hydrogen-bond donors (Lipinski definition) is 2. The van der Waals surface area contributed by atoms with Crippen molar-refractivity contribution in [2.75, 3.05) is 0 Å². The molecule has 1 amide bonds. The third-order valence-corrected chi connectivity index (χ3v) is 5.30. The van der Waals surface area contributed by atoms with Crippen LogP contribution in [0.4, 0.5) is 0 Å². The van der Waals surface area contributed by atoms with Gasteiger partial charge < -0.3 is 11.1 Å². The van der Waals surface area contributed by atoms with E-state index < -0.39 is 0 Å². The molecule has 0 bridgehead atoms. The second-order valence-corrected chi connectivity index (χ2v) is 6.88. The summed E-state index contributed by atoms with van der Waals surface area (Å²) >= 11 is 0. The lowest BCUT2D eigenvalue weighted by Crippen LogP contribution is -2.45. The molecule has 2 saturated carbocycles. The van der Waals surface area contributed by atoms with Crippen LogP contribution in [0.25, 0.3) is 0 Å². The van der Waals surface area contributed by atoms with Gasteiger partial charge in [-0.1, -0.05) is 33.1 Å². The molecule has 3 nitrogen and oxygen atoms in total. The minimum Gasteiger partial charge on any atom is -0.353 e. The van der Waals surface area contributed by atoms with Crippen molar-refractivity contribution in [2.45, 2.75) is 77.3 Å². The van der Waals surface area contributed by atoms with E-state index in [9.17, 15) is 4.79 Å². The molecule has 0 aliphatic heterocycles. The van der Waals surface area contributed by atoms with E-state index in [0.717, 1.165) is 25.7 Å². The van der Waals surface area contributed by atoms with E-state index >= 15 is 0 Å². The van der Waals surface area contributed by atoms with Crippen molar-refractivity contribution in [3.63, 3.8) is 0 Å². The molecule has 0 spiro atoms. The Morgan fingerprint density at radius 3 is 2.47 bits per heavy atom. The third-order valence-electron chi connectivity index (χ3n) is 5.30. The standard InChI is InChI=1S/C16H30N2O/c1-11-6-4-3-5-7-15(11)18-16(19)13-8-9-14(17)12(2)10-13/h11-15H,3-10,17H2,1-2H3,(H,18,19). The van der Waals surface area contributed by atoms with Gasteiger partial charge in [0.2, 0.25) is 5.91 Å². The molecule has 0 aromatic carbocycles. The Labute approximate surface area is 117 Å². The highest BCUT2D eigenvalue weighted by Gasteiger charge is 2.31. The van der Waals surface area contributed by atoms with Crippen molar-refractivity contribution in [1.29, 1.82) is 0 Å². The Kier molecular flexibility index (Phi) is 5.26.